The molecule has 0 aliphatic heterocycles. The Kier molecular flexibility index (Phi) is 5.15. The molecule has 4 aliphatic rings. The third kappa shape index (κ3) is 3.16. The van der Waals surface area contributed by atoms with Gasteiger partial charge in [0.05, 0.1) is 6.10 Å². The third-order valence-electron chi connectivity index (χ3n) is 10.2. The lowest BCUT2D eigenvalue weighted by Crippen LogP contribution is -2.54. The summed E-state index contributed by atoms with van der Waals surface area (Å²) in [6.07, 6.45) is 12.4. The fourth-order valence-corrected chi connectivity index (χ4v) is 8.76. The molecule has 154 valence electrons. The summed E-state index contributed by atoms with van der Waals surface area (Å²) >= 11 is 0. The number of rotatable bonds is 4. The highest BCUT2D eigenvalue weighted by Gasteiger charge is 2.60. The van der Waals surface area contributed by atoms with Crippen LogP contribution >= 0.6 is 0 Å². The second-order valence-electron chi connectivity index (χ2n) is 11.2. The van der Waals surface area contributed by atoms with E-state index < -0.39 is 5.97 Å². The highest BCUT2D eigenvalue weighted by molar-refractivity contribution is 5.66. The quantitative estimate of drug-likeness (QED) is 0.680. The fourth-order valence-electron chi connectivity index (χ4n) is 8.76. The number of aliphatic carboxylic acids is 1. The molecule has 0 unspecified atom stereocenters. The lowest BCUT2D eigenvalue weighted by Gasteiger charge is -2.61. The van der Waals surface area contributed by atoms with Crippen molar-refractivity contribution in [1.29, 1.82) is 0 Å². The van der Waals surface area contributed by atoms with E-state index in [-0.39, 0.29) is 6.10 Å². The van der Waals surface area contributed by atoms with Crippen LogP contribution in [-0.4, -0.2) is 22.3 Å². The van der Waals surface area contributed by atoms with Crippen molar-refractivity contribution in [3.8, 4) is 0 Å². The van der Waals surface area contributed by atoms with E-state index in [9.17, 15) is 9.90 Å². The monoisotopic (exact) mass is 376 g/mol. The zero-order valence-corrected chi connectivity index (χ0v) is 17.6. The van der Waals surface area contributed by atoms with Gasteiger partial charge in [-0.25, -0.2) is 0 Å². The first kappa shape index (κ1) is 19.7. The average Bonchev–Trinajstić information content (AvgIpc) is 2.97. The number of hydrogen-bond donors (Lipinski definition) is 2. The third-order valence-corrected chi connectivity index (χ3v) is 10.2. The van der Waals surface area contributed by atoms with E-state index in [0.29, 0.717) is 29.1 Å². The lowest BCUT2D eigenvalue weighted by molar-refractivity contribution is -0.138. The Hall–Kier alpha value is -0.570. The molecular weight excluding hydrogens is 336 g/mol. The van der Waals surface area contributed by atoms with Gasteiger partial charge in [-0.05, 0) is 111 Å². The van der Waals surface area contributed by atoms with Crippen molar-refractivity contribution in [3.63, 3.8) is 0 Å². The van der Waals surface area contributed by atoms with Gasteiger partial charge in [0.25, 0.3) is 0 Å². The molecule has 0 amide bonds. The van der Waals surface area contributed by atoms with Gasteiger partial charge in [0.2, 0.25) is 0 Å². The maximum absolute atomic E-state index is 11.0. The van der Waals surface area contributed by atoms with Crippen molar-refractivity contribution in [1.82, 2.24) is 0 Å². The molecule has 3 nitrogen and oxygen atoms in total. The van der Waals surface area contributed by atoms with E-state index in [2.05, 4.69) is 20.8 Å². The molecule has 3 heteroatoms. The van der Waals surface area contributed by atoms with Gasteiger partial charge in [0.15, 0.2) is 0 Å². The summed E-state index contributed by atoms with van der Waals surface area (Å²) in [5.74, 6) is 3.91. The van der Waals surface area contributed by atoms with Crippen LogP contribution in [0.4, 0.5) is 0 Å². The summed E-state index contributed by atoms with van der Waals surface area (Å²) in [6.45, 7) is 7.43. The van der Waals surface area contributed by atoms with Crippen molar-refractivity contribution in [2.45, 2.75) is 97.5 Å². The number of carbonyl (C=O) groups is 1. The van der Waals surface area contributed by atoms with Gasteiger partial charge in [-0.2, -0.15) is 0 Å². The van der Waals surface area contributed by atoms with Gasteiger partial charge < -0.3 is 10.2 Å². The highest BCUT2D eigenvalue weighted by Crippen LogP contribution is 2.68. The minimum atomic E-state index is -0.643. The second-order valence-corrected chi connectivity index (χ2v) is 11.2. The molecule has 9 atom stereocenters. The standard InChI is InChI=1S/C24H40O3/c1-15(4-9-22(26)27)19-7-8-20-18-6-5-16-14-17(25)10-12-23(16,2)21(18)11-13-24(19,20)3/h15-21,25H,4-14H2,1-3H3,(H,26,27)/t15-,16-,17-,18+,19+,20-,21-,23+,24-/m1/s1. The van der Waals surface area contributed by atoms with E-state index in [1.54, 1.807) is 0 Å². The van der Waals surface area contributed by atoms with E-state index >= 15 is 0 Å². The molecule has 27 heavy (non-hydrogen) atoms. The smallest absolute Gasteiger partial charge is 0.303 e. The highest BCUT2D eigenvalue weighted by atomic mass is 16.4. The summed E-state index contributed by atoms with van der Waals surface area (Å²) in [6, 6.07) is 0. The maximum Gasteiger partial charge on any atom is 0.303 e. The Balaban J connectivity index is 1.51. The first-order chi connectivity index (χ1) is 12.8. The Bertz CT molecular complexity index is 574. The summed E-state index contributed by atoms with van der Waals surface area (Å²) < 4.78 is 0. The van der Waals surface area contributed by atoms with E-state index in [1.807, 2.05) is 0 Å². The Labute approximate surface area is 165 Å². The van der Waals surface area contributed by atoms with Crippen LogP contribution in [0.1, 0.15) is 91.4 Å². The van der Waals surface area contributed by atoms with Gasteiger partial charge in [-0.3, -0.25) is 4.79 Å². The molecule has 0 bridgehead atoms. The van der Waals surface area contributed by atoms with Crippen LogP contribution in [0.15, 0.2) is 0 Å². The summed E-state index contributed by atoms with van der Waals surface area (Å²) in [4.78, 5) is 11.0. The fraction of sp³-hybridized carbons (Fsp3) is 0.958. The minimum Gasteiger partial charge on any atom is -0.481 e. The molecule has 4 saturated carbocycles. The van der Waals surface area contributed by atoms with Crippen LogP contribution in [0.25, 0.3) is 0 Å². The summed E-state index contributed by atoms with van der Waals surface area (Å²) in [5.41, 5.74) is 0.882. The van der Waals surface area contributed by atoms with E-state index in [0.717, 1.165) is 42.9 Å². The zero-order valence-electron chi connectivity index (χ0n) is 17.6. The normalized spacial score (nSPS) is 50.4. The minimum absolute atomic E-state index is 0.0561. The van der Waals surface area contributed by atoms with Gasteiger partial charge in [0, 0.05) is 6.42 Å². The van der Waals surface area contributed by atoms with Crippen molar-refractivity contribution < 1.29 is 15.0 Å². The molecule has 4 fully saturated rings. The predicted molar refractivity (Wildman–Crippen MR) is 107 cm³/mol. The number of hydrogen-bond acceptors (Lipinski definition) is 2. The largest absolute Gasteiger partial charge is 0.481 e. The molecule has 0 heterocycles. The lowest BCUT2D eigenvalue weighted by atomic mass is 9.44. The molecule has 0 aromatic rings. The van der Waals surface area contributed by atoms with Crippen molar-refractivity contribution >= 4 is 5.97 Å². The van der Waals surface area contributed by atoms with Crippen LogP contribution in [0.3, 0.4) is 0 Å². The molecule has 0 saturated heterocycles. The van der Waals surface area contributed by atoms with Crippen LogP contribution in [0.2, 0.25) is 0 Å². The number of aliphatic hydroxyl groups is 1. The number of fused-ring (bicyclic) bond motifs is 5. The van der Waals surface area contributed by atoms with E-state index in [1.165, 1.54) is 44.9 Å². The Morgan fingerprint density at radius 1 is 1.00 bits per heavy atom. The molecule has 0 aromatic heterocycles. The zero-order chi connectivity index (χ0) is 19.4. The topological polar surface area (TPSA) is 57.5 Å². The van der Waals surface area contributed by atoms with Crippen molar-refractivity contribution in [2.75, 3.05) is 0 Å². The molecule has 4 rings (SSSR count). The van der Waals surface area contributed by atoms with Crippen LogP contribution in [0.5, 0.6) is 0 Å². The van der Waals surface area contributed by atoms with Crippen molar-refractivity contribution in [2.24, 2.45) is 46.3 Å². The van der Waals surface area contributed by atoms with Gasteiger partial charge >= 0.3 is 5.97 Å². The van der Waals surface area contributed by atoms with Crippen LogP contribution in [0, 0.1) is 46.3 Å². The van der Waals surface area contributed by atoms with Crippen molar-refractivity contribution in [3.05, 3.63) is 0 Å². The van der Waals surface area contributed by atoms with Crippen LogP contribution in [-0.2, 0) is 4.79 Å². The first-order valence-corrected chi connectivity index (χ1v) is 11.7. The molecule has 2 N–H and O–H groups in total. The second kappa shape index (κ2) is 7.04. The van der Waals surface area contributed by atoms with E-state index in [4.69, 9.17) is 5.11 Å². The number of carboxylic acid groups (broad SMARTS) is 1. The molecule has 0 aromatic carbocycles. The number of aliphatic hydroxyl groups excluding tert-OH is 1. The average molecular weight is 377 g/mol. The Morgan fingerprint density at radius 3 is 2.44 bits per heavy atom. The summed E-state index contributed by atoms with van der Waals surface area (Å²) in [7, 11) is 0. The predicted octanol–water partition coefficient (Wildman–Crippen LogP) is 5.51. The Morgan fingerprint density at radius 2 is 1.70 bits per heavy atom. The molecule has 4 aliphatic carbocycles. The van der Waals surface area contributed by atoms with Gasteiger partial charge in [0.1, 0.15) is 0 Å². The molecule has 0 radical (unpaired) electrons. The van der Waals surface area contributed by atoms with Gasteiger partial charge in [-0.15, -0.1) is 0 Å². The van der Waals surface area contributed by atoms with Gasteiger partial charge in [-0.1, -0.05) is 20.8 Å². The molecule has 0 spiro atoms. The van der Waals surface area contributed by atoms with Crippen LogP contribution < -0.4 is 0 Å². The number of carboxylic acids is 1. The summed E-state index contributed by atoms with van der Waals surface area (Å²) in [5, 5.41) is 19.3. The maximum atomic E-state index is 11.0. The SMILES string of the molecule is C[C@H](CCC(=O)O)[C@@H]1CC[C@@H]2[C@@H]3CC[C@@H]4C[C@H](O)CC[C@]4(C)[C@@H]3CC[C@@]21C. The molecular formula is C24H40O3. The first-order valence-electron chi connectivity index (χ1n) is 11.7.